The molecule has 0 saturated heterocycles. The standard InChI is InChI=1S/C11H14ClN/c12-11-4-8-1-9(5-11)3-10(2-8,6-11)7-13/h8-9H,1-6H2/t8-,9-,10?,11?/m1/s1. The van der Waals surface area contributed by atoms with Crippen LogP contribution in [0.3, 0.4) is 0 Å². The molecule has 2 atom stereocenters. The van der Waals surface area contributed by atoms with Gasteiger partial charge in [-0.15, -0.1) is 11.6 Å². The van der Waals surface area contributed by atoms with Gasteiger partial charge in [0.15, 0.2) is 0 Å². The molecule has 4 saturated carbocycles. The van der Waals surface area contributed by atoms with Crippen LogP contribution in [0.5, 0.6) is 0 Å². The van der Waals surface area contributed by atoms with E-state index >= 15 is 0 Å². The maximum Gasteiger partial charge on any atom is 0.0690 e. The van der Waals surface area contributed by atoms with Crippen molar-refractivity contribution < 1.29 is 0 Å². The smallest absolute Gasteiger partial charge is 0.0690 e. The molecule has 70 valence electrons. The molecule has 0 spiro atoms. The number of hydrogen-bond acceptors (Lipinski definition) is 1. The fraction of sp³-hybridized carbons (Fsp3) is 0.909. The van der Waals surface area contributed by atoms with E-state index in [9.17, 15) is 5.26 Å². The lowest BCUT2D eigenvalue weighted by Gasteiger charge is -2.57. The first-order chi connectivity index (χ1) is 6.13. The summed E-state index contributed by atoms with van der Waals surface area (Å²) in [6.45, 7) is 0. The Balaban J connectivity index is 2.01. The fourth-order valence-electron chi connectivity index (χ4n) is 4.28. The molecule has 2 heteroatoms. The predicted octanol–water partition coefficient (Wildman–Crippen LogP) is 3.09. The molecule has 0 aromatic carbocycles. The first-order valence-corrected chi connectivity index (χ1v) is 5.61. The highest BCUT2D eigenvalue weighted by Gasteiger charge is 2.57. The third kappa shape index (κ3) is 1.05. The fourth-order valence-corrected chi connectivity index (χ4v) is 4.97. The molecule has 0 N–H and O–H groups in total. The van der Waals surface area contributed by atoms with Gasteiger partial charge < -0.3 is 0 Å². The zero-order valence-corrected chi connectivity index (χ0v) is 8.48. The van der Waals surface area contributed by atoms with Gasteiger partial charge in [-0.3, -0.25) is 0 Å². The van der Waals surface area contributed by atoms with Gasteiger partial charge in [0.05, 0.1) is 11.5 Å². The second-order valence-electron chi connectivity index (χ2n) is 5.50. The number of hydrogen-bond donors (Lipinski definition) is 0. The highest BCUT2D eigenvalue weighted by Crippen LogP contribution is 2.63. The molecule has 4 aliphatic carbocycles. The van der Waals surface area contributed by atoms with Crippen LogP contribution in [0.1, 0.15) is 38.5 Å². The van der Waals surface area contributed by atoms with Gasteiger partial charge in [0, 0.05) is 4.87 Å². The maximum absolute atomic E-state index is 9.24. The normalized spacial score (nSPS) is 57.8. The number of halogens is 1. The molecule has 0 radical (unpaired) electrons. The topological polar surface area (TPSA) is 23.8 Å². The Kier molecular flexibility index (Phi) is 1.39. The SMILES string of the molecule is N#CC12C[C@H]3C[C@@H](CC(Cl)(C3)C1)C2. The molecule has 0 aromatic rings. The van der Waals surface area contributed by atoms with Crippen molar-refractivity contribution in [3.63, 3.8) is 0 Å². The van der Waals surface area contributed by atoms with Crippen molar-refractivity contribution in [1.82, 2.24) is 0 Å². The minimum absolute atomic E-state index is 0.0137. The van der Waals surface area contributed by atoms with E-state index in [1.54, 1.807) is 0 Å². The van der Waals surface area contributed by atoms with Crippen molar-refractivity contribution in [2.75, 3.05) is 0 Å². The summed E-state index contributed by atoms with van der Waals surface area (Å²) in [6.07, 6.45) is 6.93. The van der Waals surface area contributed by atoms with Gasteiger partial charge in [0.25, 0.3) is 0 Å². The van der Waals surface area contributed by atoms with E-state index in [4.69, 9.17) is 11.6 Å². The van der Waals surface area contributed by atoms with Crippen LogP contribution < -0.4 is 0 Å². The van der Waals surface area contributed by atoms with Crippen LogP contribution >= 0.6 is 11.6 Å². The maximum atomic E-state index is 9.24. The minimum Gasteiger partial charge on any atom is -0.198 e. The van der Waals surface area contributed by atoms with Crippen LogP contribution in [0.2, 0.25) is 0 Å². The Morgan fingerprint density at radius 1 is 1.15 bits per heavy atom. The molecular formula is C11H14ClN. The summed E-state index contributed by atoms with van der Waals surface area (Å²) in [5.41, 5.74) is -0.0220. The third-order valence-corrected chi connectivity index (χ3v) is 4.67. The molecule has 0 heterocycles. The van der Waals surface area contributed by atoms with Crippen LogP contribution in [0, 0.1) is 28.6 Å². The second-order valence-corrected chi connectivity index (χ2v) is 6.31. The number of nitrogens with zero attached hydrogens (tertiary/aromatic N) is 1. The quantitative estimate of drug-likeness (QED) is 0.545. The first kappa shape index (κ1) is 8.12. The Bertz CT molecular complexity index is 277. The summed E-state index contributed by atoms with van der Waals surface area (Å²) in [4.78, 5) is 0.0137. The summed E-state index contributed by atoms with van der Waals surface area (Å²) < 4.78 is 0. The average Bonchev–Trinajstić information content (AvgIpc) is 1.99. The van der Waals surface area contributed by atoms with Gasteiger partial charge in [-0.1, -0.05) is 0 Å². The Morgan fingerprint density at radius 2 is 1.77 bits per heavy atom. The Labute approximate surface area is 84.1 Å². The van der Waals surface area contributed by atoms with E-state index < -0.39 is 0 Å². The molecule has 13 heavy (non-hydrogen) atoms. The third-order valence-electron chi connectivity index (χ3n) is 4.23. The first-order valence-electron chi connectivity index (χ1n) is 5.23. The van der Waals surface area contributed by atoms with Crippen LogP contribution in [-0.2, 0) is 0 Å². The van der Waals surface area contributed by atoms with Gasteiger partial charge in [-0.05, 0) is 50.4 Å². The molecule has 4 bridgehead atoms. The van der Waals surface area contributed by atoms with E-state index in [1.165, 1.54) is 19.3 Å². The molecular weight excluding hydrogens is 182 g/mol. The molecule has 4 fully saturated rings. The van der Waals surface area contributed by atoms with Crippen molar-refractivity contribution in [2.24, 2.45) is 17.3 Å². The lowest BCUT2D eigenvalue weighted by atomic mass is 9.50. The number of nitriles is 1. The summed E-state index contributed by atoms with van der Waals surface area (Å²) in [6, 6.07) is 2.55. The lowest BCUT2D eigenvalue weighted by Crippen LogP contribution is -2.52. The van der Waals surface area contributed by atoms with Crippen molar-refractivity contribution in [2.45, 2.75) is 43.4 Å². The van der Waals surface area contributed by atoms with Crippen LogP contribution in [0.4, 0.5) is 0 Å². The van der Waals surface area contributed by atoms with E-state index in [1.807, 2.05) is 0 Å². The number of alkyl halides is 1. The zero-order chi connectivity index (χ0) is 9.10. The van der Waals surface area contributed by atoms with Gasteiger partial charge in [-0.2, -0.15) is 5.26 Å². The summed E-state index contributed by atoms with van der Waals surface area (Å²) in [5, 5.41) is 9.24. The predicted molar refractivity (Wildman–Crippen MR) is 51.3 cm³/mol. The Hall–Kier alpha value is -0.220. The lowest BCUT2D eigenvalue weighted by molar-refractivity contribution is -0.00537. The molecule has 0 aromatic heterocycles. The van der Waals surface area contributed by atoms with E-state index in [-0.39, 0.29) is 10.3 Å². The Morgan fingerprint density at radius 3 is 2.23 bits per heavy atom. The molecule has 1 nitrogen and oxygen atoms in total. The number of rotatable bonds is 0. The van der Waals surface area contributed by atoms with Crippen LogP contribution in [0.25, 0.3) is 0 Å². The molecule has 4 aliphatic rings. The van der Waals surface area contributed by atoms with E-state index in [2.05, 4.69) is 6.07 Å². The van der Waals surface area contributed by atoms with Crippen molar-refractivity contribution in [1.29, 1.82) is 5.26 Å². The highest BCUT2D eigenvalue weighted by molar-refractivity contribution is 6.24. The van der Waals surface area contributed by atoms with Crippen molar-refractivity contribution in [3.05, 3.63) is 0 Å². The van der Waals surface area contributed by atoms with Gasteiger partial charge in [0.1, 0.15) is 0 Å². The minimum atomic E-state index is -0.0220. The average molecular weight is 196 g/mol. The highest BCUT2D eigenvalue weighted by atomic mass is 35.5. The van der Waals surface area contributed by atoms with Crippen molar-refractivity contribution >= 4 is 11.6 Å². The van der Waals surface area contributed by atoms with Crippen LogP contribution in [-0.4, -0.2) is 4.87 Å². The monoisotopic (exact) mass is 195 g/mol. The molecule has 4 rings (SSSR count). The molecule has 0 unspecified atom stereocenters. The largest absolute Gasteiger partial charge is 0.198 e. The second kappa shape index (κ2) is 2.23. The van der Waals surface area contributed by atoms with E-state index in [0.717, 1.165) is 31.1 Å². The van der Waals surface area contributed by atoms with Gasteiger partial charge in [0.2, 0.25) is 0 Å². The summed E-state index contributed by atoms with van der Waals surface area (Å²) in [7, 11) is 0. The van der Waals surface area contributed by atoms with Crippen LogP contribution in [0.15, 0.2) is 0 Å². The van der Waals surface area contributed by atoms with Gasteiger partial charge in [-0.25, -0.2) is 0 Å². The van der Waals surface area contributed by atoms with E-state index in [0.29, 0.717) is 0 Å². The van der Waals surface area contributed by atoms with Crippen molar-refractivity contribution in [3.8, 4) is 6.07 Å². The molecule has 0 aliphatic heterocycles. The summed E-state index contributed by atoms with van der Waals surface area (Å²) in [5.74, 6) is 1.52. The summed E-state index contributed by atoms with van der Waals surface area (Å²) >= 11 is 6.55. The zero-order valence-electron chi connectivity index (χ0n) is 7.72. The van der Waals surface area contributed by atoms with Gasteiger partial charge >= 0.3 is 0 Å². The molecule has 0 amide bonds.